The smallest absolute Gasteiger partial charge is 0.550 e. The van der Waals surface area contributed by atoms with Crippen LogP contribution >= 0.6 is 0 Å². The first-order valence-corrected chi connectivity index (χ1v) is 5.23. The molecule has 0 aromatic heterocycles. The van der Waals surface area contributed by atoms with Crippen LogP contribution in [0.5, 0.6) is 0 Å². The molecule has 1 radical (unpaired) electrons. The molecule has 0 aromatic carbocycles. The summed E-state index contributed by atoms with van der Waals surface area (Å²) in [5, 5.41) is 38.9. The first kappa shape index (κ1) is 23.0. The number of unbranched alkanes of at least 4 members (excludes halogenated alkanes) is 1. The Kier molecular flexibility index (Phi) is 14.4. The largest absolute Gasteiger partial charge is 3.00 e. The van der Waals surface area contributed by atoms with E-state index in [9.17, 15) is 29.7 Å². The number of rotatable bonds is 7. The van der Waals surface area contributed by atoms with Crippen LogP contribution < -0.4 is 21.1 Å². The molecule has 0 aliphatic rings. The molecule has 0 saturated carbocycles. The Morgan fingerprint density at radius 3 is 1.58 bits per heavy atom. The van der Waals surface area contributed by atoms with Crippen LogP contribution in [-0.2, 0) is 31.5 Å². The van der Waals surface area contributed by atoms with Crippen molar-refractivity contribution in [3.63, 3.8) is 0 Å². The van der Waals surface area contributed by atoms with E-state index < -0.39 is 36.4 Å². The van der Waals surface area contributed by atoms with E-state index in [1.165, 1.54) is 12.8 Å². The van der Waals surface area contributed by atoms with Crippen molar-refractivity contribution >= 4 is 17.9 Å². The fourth-order valence-corrected chi connectivity index (χ4v) is 0.889. The number of carbonyl (C=O) groups is 3. The maximum Gasteiger partial charge on any atom is 3.00 e. The minimum Gasteiger partial charge on any atom is -0.550 e. The first-order valence-electron chi connectivity index (χ1n) is 5.23. The number of aliphatic hydroxyl groups is 1. The molecule has 0 aliphatic heterocycles. The van der Waals surface area contributed by atoms with Crippen LogP contribution in [0.15, 0.2) is 0 Å². The second kappa shape index (κ2) is 11.9. The van der Waals surface area contributed by atoms with Gasteiger partial charge in [0.05, 0.1) is 5.97 Å². The number of nitrogens with two attached hydrogens (primary N) is 1. The van der Waals surface area contributed by atoms with E-state index in [1.54, 1.807) is 0 Å². The Labute approximate surface area is 121 Å². The van der Waals surface area contributed by atoms with E-state index in [1.807, 2.05) is 0 Å². The molecular formula is C10H16FeNO7. The molecule has 0 fully saturated rings. The Balaban J connectivity index is -0.000000366. The molecule has 0 heterocycles. The number of carboxylic acids is 3. The molecule has 0 saturated heterocycles. The average molecular weight is 318 g/mol. The van der Waals surface area contributed by atoms with Gasteiger partial charge in [0.15, 0.2) is 0 Å². The summed E-state index contributed by atoms with van der Waals surface area (Å²) in [7, 11) is 0. The van der Waals surface area contributed by atoms with Gasteiger partial charge in [0, 0.05) is 24.8 Å². The SMILES string of the molecule is CCCCN.O=C([O-])CC(O)(CC(=O)[O-])C(=O)[O-].[Fe+3]. The fourth-order valence-electron chi connectivity index (χ4n) is 0.889. The molecule has 111 valence electrons. The zero-order chi connectivity index (χ0) is 14.8. The molecule has 0 rings (SSSR count). The van der Waals surface area contributed by atoms with Gasteiger partial charge < -0.3 is 40.5 Å². The van der Waals surface area contributed by atoms with Crippen molar-refractivity contribution < 1.29 is 51.9 Å². The first-order chi connectivity index (χ1) is 8.19. The van der Waals surface area contributed by atoms with E-state index in [0.717, 1.165) is 6.54 Å². The minimum atomic E-state index is -2.97. The third-order valence-electron chi connectivity index (χ3n) is 1.81. The van der Waals surface area contributed by atoms with Gasteiger partial charge in [-0.25, -0.2) is 0 Å². The van der Waals surface area contributed by atoms with Gasteiger partial charge in [-0.2, -0.15) is 0 Å². The quantitative estimate of drug-likeness (QED) is 0.443. The Morgan fingerprint density at radius 2 is 1.47 bits per heavy atom. The van der Waals surface area contributed by atoms with Crippen molar-refractivity contribution in [3.05, 3.63) is 0 Å². The molecule has 0 amide bonds. The van der Waals surface area contributed by atoms with Crippen molar-refractivity contribution in [1.82, 2.24) is 0 Å². The summed E-state index contributed by atoms with van der Waals surface area (Å²) in [5.41, 5.74) is 2.16. The second-order valence-electron chi connectivity index (χ2n) is 3.56. The number of aliphatic carboxylic acids is 3. The van der Waals surface area contributed by atoms with Crippen LogP contribution in [0.1, 0.15) is 32.6 Å². The van der Waals surface area contributed by atoms with Crippen molar-refractivity contribution in [3.8, 4) is 0 Å². The van der Waals surface area contributed by atoms with Gasteiger partial charge in [0.2, 0.25) is 0 Å². The molecule has 0 bridgehead atoms. The molecule has 3 N–H and O–H groups in total. The van der Waals surface area contributed by atoms with Crippen molar-refractivity contribution in [2.24, 2.45) is 5.73 Å². The van der Waals surface area contributed by atoms with E-state index in [-0.39, 0.29) is 17.1 Å². The Bertz CT molecular complexity index is 278. The minimum absolute atomic E-state index is 0. The van der Waals surface area contributed by atoms with Crippen molar-refractivity contribution in [2.75, 3.05) is 6.54 Å². The number of carboxylic acid groups (broad SMARTS) is 3. The summed E-state index contributed by atoms with van der Waals surface area (Å²) in [4.78, 5) is 30.0. The molecule has 0 spiro atoms. The van der Waals surface area contributed by atoms with Crippen molar-refractivity contribution in [1.29, 1.82) is 0 Å². The third-order valence-corrected chi connectivity index (χ3v) is 1.81. The molecule has 9 heteroatoms. The van der Waals surface area contributed by atoms with Gasteiger partial charge in [-0.15, -0.1) is 0 Å². The van der Waals surface area contributed by atoms with Crippen LogP contribution in [0.25, 0.3) is 0 Å². The molecule has 0 aromatic rings. The van der Waals surface area contributed by atoms with Crippen LogP contribution in [0.3, 0.4) is 0 Å². The standard InChI is InChI=1S/C6H8O7.C4H11N.Fe/c7-3(8)1-6(13,5(11)12)2-4(9)10;1-2-3-4-5;/h13H,1-2H2,(H,7,8)(H,9,10)(H,11,12);2-5H2,1H3;/q;;+3/p-3. The predicted octanol–water partition coefficient (Wildman–Crippen LogP) is -4.51. The summed E-state index contributed by atoms with van der Waals surface area (Å²) in [6, 6.07) is 0. The molecular weight excluding hydrogens is 302 g/mol. The summed E-state index contributed by atoms with van der Waals surface area (Å²) in [6.07, 6.45) is -0.330. The zero-order valence-corrected chi connectivity index (χ0v) is 11.5. The molecule has 0 unspecified atom stereocenters. The van der Waals surface area contributed by atoms with Crippen LogP contribution in [0.2, 0.25) is 0 Å². The van der Waals surface area contributed by atoms with E-state index in [2.05, 4.69) is 6.92 Å². The van der Waals surface area contributed by atoms with E-state index in [4.69, 9.17) is 10.8 Å². The number of hydrogen-bond acceptors (Lipinski definition) is 8. The maximum atomic E-state index is 10.1. The zero-order valence-electron chi connectivity index (χ0n) is 10.4. The van der Waals surface area contributed by atoms with Gasteiger partial charge in [-0.1, -0.05) is 13.3 Å². The summed E-state index contributed by atoms with van der Waals surface area (Å²) < 4.78 is 0. The topological polar surface area (TPSA) is 167 Å². The normalized spacial score (nSPS) is 9.63. The predicted molar refractivity (Wildman–Crippen MR) is 53.2 cm³/mol. The molecule has 0 aliphatic carbocycles. The second-order valence-corrected chi connectivity index (χ2v) is 3.56. The fraction of sp³-hybridized carbons (Fsp3) is 0.700. The third kappa shape index (κ3) is 13.1. The average Bonchev–Trinajstić information content (AvgIpc) is 2.16. The van der Waals surface area contributed by atoms with Gasteiger partial charge in [0.1, 0.15) is 5.60 Å². The van der Waals surface area contributed by atoms with Gasteiger partial charge in [0.25, 0.3) is 0 Å². The van der Waals surface area contributed by atoms with Gasteiger partial charge in [-0.3, -0.25) is 0 Å². The van der Waals surface area contributed by atoms with Gasteiger partial charge >= 0.3 is 17.1 Å². The molecule has 0 atom stereocenters. The Morgan fingerprint density at radius 1 is 1.11 bits per heavy atom. The van der Waals surface area contributed by atoms with Crippen LogP contribution in [0.4, 0.5) is 0 Å². The maximum absolute atomic E-state index is 10.1. The number of carbonyl (C=O) groups excluding carboxylic acids is 3. The molecule has 19 heavy (non-hydrogen) atoms. The summed E-state index contributed by atoms with van der Waals surface area (Å²) in [5.74, 6) is -5.98. The monoisotopic (exact) mass is 318 g/mol. The van der Waals surface area contributed by atoms with Crippen LogP contribution in [-0.4, -0.2) is 35.2 Å². The van der Waals surface area contributed by atoms with Crippen LogP contribution in [0, 0.1) is 0 Å². The van der Waals surface area contributed by atoms with E-state index >= 15 is 0 Å². The Hall–Kier alpha value is -1.15. The van der Waals surface area contributed by atoms with E-state index in [0.29, 0.717) is 0 Å². The van der Waals surface area contributed by atoms with Crippen molar-refractivity contribution in [2.45, 2.75) is 38.2 Å². The summed E-state index contributed by atoms with van der Waals surface area (Å²) in [6.45, 7) is 2.98. The number of hydrogen-bond donors (Lipinski definition) is 2. The summed E-state index contributed by atoms with van der Waals surface area (Å²) >= 11 is 0. The molecule has 8 nitrogen and oxygen atoms in total. The van der Waals surface area contributed by atoms with Gasteiger partial charge in [-0.05, 0) is 13.0 Å².